The summed E-state index contributed by atoms with van der Waals surface area (Å²) in [6.07, 6.45) is 4.91. The smallest absolute Gasteiger partial charge is 0.338 e. The third-order valence-corrected chi connectivity index (χ3v) is 20.1. The van der Waals surface area contributed by atoms with Crippen LogP contribution in [0.2, 0.25) is 15.1 Å². The molecule has 6 aliphatic heterocycles. The van der Waals surface area contributed by atoms with Crippen molar-refractivity contribution in [1.29, 1.82) is 0 Å². The first-order chi connectivity index (χ1) is 49.2. The molecule has 6 N–H and O–H groups in total. The van der Waals surface area contributed by atoms with Gasteiger partial charge in [0.25, 0.3) is 0 Å². The largest absolute Gasteiger partial charge is 0.480 e. The molecule has 12 rings (SSSR count). The highest BCUT2D eigenvalue weighted by Crippen LogP contribution is 2.41. The van der Waals surface area contributed by atoms with Gasteiger partial charge in [-0.3, -0.25) is 44.1 Å². The minimum Gasteiger partial charge on any atom is -0.480 e. The topological polar surface area (TPSA) is 340 Å². The Labute approximate surface area is 617 Å². The van der Waals surface area contributed by atoms with Crippen molar-refractivity contribution in [3.8, 4) is 0 Å². The highest BCUT2D eigenvalue weighted by atomic mass is 79.9. The number of hydrogen-bond acceptors (Lipinski definition) is 27. The number of carboxylic acid groups (broad SMARTS) is 3. The molecule has 0 saturated carbocycles. The molecule has 3 aromatic carbocycles. The predicted molar refractivity (Wildman–Crippen MR) is 378 cm³/mol. The van der Waals surface area contributed by atoms with Gasteiger partial charge in [0.2, 0.25) is 0 Å². The summed E-state index contributed by atoms with van der Waals surface area (Å²) in [6, 6.07) is 7.86. The number of halogens is 6. The van der Waals surface area contributed by atoms with Crippen LogP contribution in [0.4, 0.5) is 8.78 Å². The van der Waals surface area contributed by atoms with E-state index in [0.29, 0.717) is 120 Å². The SMILES string of the molecule is CCOC(=O)C1=C(CN2CCOCC2C(=O)O)NC(c2nccs2)=NC1c1ccc(Cl)cc1Cl.CCOC(=O)C1=C(CN2CCOCC2C(=O)O)NC(c2nccs2)=NC1c1ccc(F)cc1Br.CCOC(=O)C1=C(CN2CCOCC2C(=O)O)NC(c2nccs2)=NC1c1ccc(F)cc1Cl. The Balaban J connectivity index is 0.000000165. The molecule has 27 nitrogen and oxygen atoms in total. The first kappa shape index (κ1) is 76.6. The van der Waals surface area contributed by atoms with Gasteiger partial charge in [0, 0.05) is 122 Å². The highest BCUT2D eigenvalue weighted by molar-refractivity contribution is 9.10. The normalized spacial score (nSPS) is 21.1. The van der Waals surface area contributed by atoms with E-state index < -0.39 is 83.7 Å². The van der Waals surface area contributed by atoms with Crippen molar-refractivity contribution in [2.75, 3.05) is 98.7 Å². The zero-order valence-electron chi connectivity index (χ0n) is 54.5. The average molecular weight is 1590 g/mol. The predicted octanol–water partition coefficient (Wildman–Crippen LogP) is 8.51. The molecule has 0 aliphatic carbocycles. The number of carboxylic acids is 3. The van der Waals surface area contributed by atoms with E-state index in [-0.39, 0.29) is 81.0 Å². The van der Waals surface area contributed by atoms with Crippen molar-refractivity contribution in [2.24, 2.45) is 15.0 Å². The van der Waals surface area contributed by atoms with Crippen LogP contribution in [0.15, 0.2) is 143 Å². The lowest BCUT2D eigenvalue weighted by molar-refractivity contribution is -0.150. The fourth-order valence-electron chi connectivity index (χ4n) is 11.5. The zero-order valence-corrected chi connectivity index (χ0v) is 60.8. The van der Waals surface area contributed by atoms with Gasteiger partial charge in [-0.15, -0.1) is 34.0 Å². The van der Waals surface area contributed by atoms with E-state index in [9.17, 15) is 52.9 Å². The standard InChI is InChI=1S/C22H22BrFN4O5S.C22H22Cl2N4O5S.C22H22ClFN4O5S/c1-2-33-22(31)17-15(10-28-6-7-32-11-16(28)21(29)30)26-19(20-25-5-8-34-20)27-18(17)13-4-3-12(24)9-14(13)23;1-2-33-22(31)17-15(10-28-6-7-32-11-16(28)21(29)30)26-19(20-25-5-8-34-20)27-18(17)13-4-3-12(23)9-14(13)24;1-2-33-22(31)17-15(10-28-6-7-32-11-16(28)21(29)30)26-19(20-25-5-8-34-20)27-18(17)13-4-3-12(24)9-14(13)23/h3*3-5,8-9,16,18H,2,6-7,10-11H2,1H3,(H,26,27)(H,29,30). The van der Waals surface area contributed by atoms with Gasteiger partial charge in [-0.25, -0.2) is 38.1 Å². The minimum absolute atomic E-state index is 0.0258. The second-order valence-electron chi connectivity index (χ2n) is 22.6. The summed E-state index contributed by atoms with van der Waals surface area (Å²) in [5.41, 5.74) is 3.54. The molecule has 6 aromatic rings. The van der Waals surface area contributed by atoms with Crippen LogP contribution in [0.5, 0.6) is 0 Å². The van der Waals surface area contributed by atoms with Gasteiger partial charge in [0.15, 0.2) is 32.5 Å². The Bertz CT molecular complexity index is 3850. The fraction of sp³-hybridized carbons (Fsp3) is 0.364. The molecule has 9 heterocycles. The number of esters is 3. The summed E-state index contributed by atoms with van der Waals surface area (Å²) in [5, 5.41) is 46.7. The van der Waals surface area contributed by atoms with E-state index >= 15 is 0 Å². The van der Waals surface area contributed by atoms with Crippen LogP contribution in [0.3, 0.4) is 0 Å². The van der Waals surface area contributed by atoms with Gasteiger partial charge in [0.05, 0.1) is 76.2 Å². The van der Waals surface area contributed by atoms with Gasteiger partial charge in [0.1, 0.15) is 47.9 Å². The Morgan fingerprint density at radius 3 is 1.17 bits per heavy atom. The van der Waals surface area contributed by atoms with Crippen molar-refractivity contribution < 1.29 is 81.3 Å². The summed E-state index contributed by atoms with van der Waals surface area (Å²) < 4.78 is 60.1. The van der Waals surface area contributed by atoms with E-state index in [1.165, 1.54) is 58.3 Å². The molecule has 0 spiro atoms. The number of thiazole rings is 3. The molecule has 36 heteroatoms. The Kier molecular flexibility index (Phi) is 27.0. The summed E-state index contributed by atoms with van der Waals surface area (Å²) >= 11 is 26.5. The summed E-state index contributed by atoms with van der Waals surface area (Å²) in [5.74, 6) is -4.51. The van der Waals surface area contributed by atoms with Crippen LogP contribution in [0.25, 0.3) is 0 Å². The molecule has 6 atom stereocenters. The molecular weight excluding hydrogens is 1520 g/mol. The monoisotopic (exact) mass is 1580 g/mol. The number of benzene rings is 3. The maximum atomic E-state index is 13.8. The molecule has 6 unspecified atom stereocenters. The van der Waals surface area contributed by atoms with Crippen molar-refractivity contribution in [2.45, 2.75) is 57.0 Å². The first-order valence-corrected chi connectivity index (χ1v) is 36.2. The van der Waals surface area contributed by atoms with Gasteiger partial charge in [-0.2, -0.15) is 0 Å². The summed E-state index contributed by atoms with van der Waals surface area (Å²) in [6.45, 7) is 8.19. The number of amidine groups is 3. The van der Waals surface area contributed by atoms with Crippen LogP contribution in [0, 0.1) is 11.6 Å². The number of carbonyl (C=O) groups excluding carboxylic acids is 3. The second kappa shape index (κ2) is 35.9. The van der Waals surface area contributed by atoms with Crippen molar-refractivity contribution in [3.05, 3.63) is 186 Å². The number of ether oxygens (including phenoxy) is 6. The van der Waals surface area contributed by atoms with E-state index in [4.69, 9.17) is 78.2 Å². The van der Waals surface area contributed by atoms with E-state index in [2.05, 4.69) is 46.8 Å². The van der Waals surface area contributed by atoms with Gasteiger partial charge < -0.3 is 59.7 Å². The van der Waals surface area contributed by atoms with Crippen LogP contribution in [-0.4, -0.2) is 215 Å². The number of nitrogens with one attached hydrogen (secondary N) is 3. The zero-order chi connectivity index (χ0) is 72.7. The Morgan fingerprint density at radius 2 is 0.853 bits per heavy atom. The molecule has 0 radical (unpaired) electrons. The second-order valence-corrected chi connectivity index (χ2v) is 27.4. The minimum atomic E-state index is -1.03. The molecular formula is C66H66BrCl3F2N12O15S3. The lowest BCUT2D eigenvalue weighted by Gasteiger charge is -2.35. The lowest BCUT2D eigenvalue weighted by Crippen LogP contribution is -2.52. The molecule has 3 saturated heterocycles. The van der Waals surface area contributed by atoms with Crippen LogP contribution >= 0.6 is 84.7 Å². The third-order valence-electron chi connectivity index (χ3n) is 16.2. The molecule has 102 heavy (non-hydrogen) atoms. The number of aromatic nitrogens is 3. The fourth-order valence-corrected chi connectivity index (χ4v) is 14.6. The van der Waals surface area contributed by atoms with Crippen molar-refractivity contribution in [1.82, 2.24) is 45.6 Å². The molecule has 0 bridgehead atoms. The molecule has 540 valence electrons. The Morgan fingerprint density at radius 1 is 0.520 bits per heavy atom. The number of hydrogen-bond donors (Lipinski definition) is 6. The van der Waals surface area contributed by atoms with Crippen LogP contribution in [-0.2, 0) is 57.2 Å². The number of rotatable bonds is 21. The van der Waals surface area contributed by atoms with Crippen molar-refractivity contribution >= 4 is 138 Å². The van der Waals surface area contributed by atoms with Gasteiger partial charge in [-0.05, 0) is 62.7 Å². The van der Waals surface area contributed by atoms with Gasteiger partial charge >= 0.3 is 35.8 Å². The van der Waals surface area contributed by atoms with E-state index in [1.54, 1.807) is 89.1 Å². The number of nitrogens with zero attached hydrogens (tertiary/aromatic N) is 9. The quantitative estimate of drug-likeness (QED) is 0.0290. The third kappa shape index (κ3) is 18.7. The average Bonchev–Trinajstić information content (AvgIpc) is 0.961. The number of morpholine rings is 3. The number of aliphatic carboxylic acids is 3. The molecule has 3 fully saturated rings. The highest BCUT2D eigenvalue weighted by Gasteiger charge is 2.42. The molecule has 3 aromatic heterocycles. The summed E-state index contributed by atoms with van der Waals surface area (Å²) in [7, 11) is 0. The van der Waals surface area contributed by atoms with E-state index in [0.717, 1.165) is 6.07 Å². The van der Waals surface area contributed by atoms with Crippen molar-refractivity contribution in [3.63, 3.8) is 0 Å². The van der Waals surface area contributed by atoms with Crippen LogP contribution in [0.1, 0.15) is 70.6 Å². The maximum Gasteiger partial charge on any atom is 0.338 e. The molecule has 0 amide bonds. The van der Waals surface area contributed by atoms with Gasteiger partial charge in [-0.1, -0.05) is 68.9 Å². The van der Waals surface area contributed by atoms with Crippen LogP contribution < -0.4 is 16.0 Å². The molecule has 6 aliphatic rings. The maximum absolute atomic E-state index is 13.8. The lowest BCUT2D eigenvalue weighted by atomic mass is 9.95. The summed E-state index contributed by atoms with van der Waals surface area (Å²) in [4.78, 5) is 107. The first-order valence-electron chi connectivity index (χ1n) is 31.6. The Hall–Kier alpha value is -8.03. The van der Waals surface area contributed by atoms with E-state index in [1.807, 2.05) is 5.38 Å². The number of aliphatic imine (C=N–C) groups is 3. The number of carbonyl (C=O) groups is 6.